The van der Waals surface area contributed by atoms with E-state index in [1.54, 1.807) is 17.0 Å². The Morgan fingerprint density at radius 1 is 1.35 bits per heavy atom. The van der Waals surface area contributed by atoms with E-state index in [0.29, 0.717) is 18.7 Å². The van der Waals surface area contributed by atoms with Crippen LogP contribution < -0.4 is 4.74 Å². The van der Waals surface area contributed by atoms with Crippen LogP contribution in [0.2, 0.25) is 0 Å². The standard InChI is InChI=1S/C20H19NO4S/c1-2-8-21-17(15-4-3-10-26-15)16(19(23)20(21)24)18(22)13-5-6-14-12(11-13)7-9-25-14/h3-6,10-11,17,22H,2,7-9H2,1H3/b18-16-. The monoisotopic (exact) mass is 369 g/mol. The number of rotatable bonds is 4. The molecule has 2 aliphatic rings. The van der Waals surface area contributed by atoms with Gasteiger partial charge in [0, 0.05) is 23.4 Å². The smallest absolute Gasteiger partial charge is 0.295 e. The molecule has 5 nitrogen and oxygen atoms in total. The third-order valence-corrected chi connectivity index (χ3v) is 5.70. The number of benzene rings is 1. The molecule has 1 atom stereocenters. The minimum Gasteiger partial charge on any atom is -0.507 e. The van der Waals surface area contributed by atoms with E-state index >= 15 is 0 Å². The number of amides is 1. The normalized spacial score (nSPS) is 21.1. The molecule has 1 unspecified atom stereocenters. The lowest BCUT2D eigenvalue weighted by molar-refractivity contribution is -0.139. The molecule has 0 bridgehead atoms. The molecule has 26 heavy (non-hydrogen) atoms. The van der Waals surface area contributed by atoms with Crippen molar-refractivity contribution in [1.29, 1.82) is 0 Å². The van der Waals surface area contributed by atoms with Gasteiger partial charge in [-0.05, 0) is 41.6 Å². The lowest BCUT2D eigenvalue weighted by Crippen LogP contribution is -2.30. The molecule has 6 heteroatoms. The first-order valence-electron chi connectivity index (χ1n) is 8.69. The number of Topliss-reactive ketones (excluding diaryl/α,β-unsaturated/α-hetero) is 1. The third kappa shape index (κ3) is 2.61. The molecule has 134 valence electrons. The predicted molar refractivity (Wildman–Crippen MR) is 99.3 cm³/mol. The summed E-state index contributed by atoms with van der Waals surface area (Å²) in [5.41, 5.74) is 1.72. The second-order valence-electron chi connectivity index (χ2n) is 6.43. The van der Waals surface area contributed by atoms with E-state index in [4.69, 9.17) is 4.74 Å². The van der Waals surface area contributed by atoms with E-state index in [0.717, 1.165) is 29.0 Å². The number of thiophene rings is 1. The van der Waals surface area contributed by atoms with Crippen molar-refractivity contribution in [2.24, 2.45) is 0 Å². The van der Waals surface area contributed by atoms with E-state index in [2.05, 4.69) is 0 Å². The summed E-state index contributed by atoms with van der Waals surface area (Å²) < 4.78 is 5.50. The second kappa shape index (κ2) is 6.61. The van der Waals surface area contributed by atoms with Crippen molar-refractivity contribution in [2.75, 3.05) is 13.2 Å². The number of hydrogen-bond acceptors (Lipinski definition) is 5. The molecule has 3 heterocycles. The van der Waals surface area contributed by atoms with Gasteiger partial charge in [-0.15, -0.1) is 11.3 Å². The molecule has 2 aromatic rings. The van der Waals surface area contributed by atoms with Crippen molar-refractivity contribution in [1.82, 2.24) is 4.90 Å². The number of ketones is 1. The molecular formula is C20H19NO4S. The Labute approximate surface area is 155 Å². The average Bonchev–Trinajstić information content (AvgIpc) is 3.37. The van der Waals surface area contributed by atoms with Gasteiger partial charge in [-0.1, -0.05) is 13.0 Å². The van der Waals surface area contributed by atoms with Crippen molar-refractivity contribution in [3.63, 3.8) is 0 Å². The van der Waals surface area contributed by atoms with Gasteiger partial charge < -0.3 is 14.7 Å². The van der Waals surface area contributed by atoms with Crippen LogP contribution in [0.4, 0.5) is 0 Å². The second-order valence-corrected chi connectivity index (χ2v) is 7.41. The Morgan fingerprint density at radius 2 is 2.19 bits per heavy atom. The molecule has 0 saturated carbocycles. The zero-order valence-corrected chi connectivity index (χ0v) is 15.2. The van der Waals surface area contributed by atoms with Crippen molar-refractivity contribution in [3.05, 3.63) is 57.3 Å². The Hall–Kier alpha value is -2.60. The minimum absolute atomic E-state index is 0.116. The van der Waals surface area contributed by atoms with Gasteiger partial charge in [-0.25, -0.2) is 0 Å². The summed E-state index contributed by atoms with van der Waals surface area (Å²) in [7, 11) is 0. The first-order chi connectivity index (χ1) is 12.6. The molecule has 1 fully saturated rings. The fourth-order valence-electron chi connectivity index (χ4n) is 3.58. The van der Waals surface area contributed by atoms with Crippen LogP contribution in [-0.4, -0.2) is 34.8 Å². The molecule has 1 N–H and O–H groups in total. The molecular weight excluding hydrogens is 350 g/mol. The summed E-state index contributed by atoms with van der Waals surface area (Å²) in [5.74, 6) is -0.472. The van der Waals surface area contributed by atoms with Crippen LogP contribution in [0.15, 0.2) is 41.3 Å². The fraction of sp³-hybridized carbons (Fsp3) is 0.300. The van der Waals surface area contributed by atoms with E-state index in [1.165, 1.54) is 11.3 Å². The van der Waals surface area contributed by atoms with Gasteiger partial charge in [0.2, 0.25) is 0 Å². The highest BCUT2D eigenvalue weighted by Crippen LogP contribution is 2.41. The van der Waals surface area contributed by atoms with Crippen LogP contribution >= 0.6 is 11.3 Å². The van der Waals surface area contributed by atoms with Gasteiger partial charge in [0.15, 0.2) is 0 Å². The van der Waals surface area contributed by atoms with Gasteiger partial charge >= 0.3 is 0 Å². The highest BCUT2D eigenvalue weighted by Gasteiger charge is 2.46. The zero-order valence-electron chi connectivity index (χ0n) is 14.4. The number of fused-ring (bicyclic) bond motifs is 1. The zero-order chi connectivity index (χ0) is 18.3. The fourth-order valence-corrected chi connectivity index (χ4v) is 4.43. The molecule has 4 rings (SSSR count). The van der Waals surface area contributed by atoms with E-state index < -0.39 is 17.7 Å². The minimum atomic E-state index is -0.619. The van der Waals surface area contributed by atoms with Gasteiger partial charge in [0.25, 0.3) is 11.7 Å². The maximum absolute atomic E-state index is 12.7. The summed E-state index contributed by atoms with van der Waals surface area (Å²) >= 11 is 1.48. The number of likely N-dealkylation sites (tertiary alicyclic amines) is 1. The largest absolute Gasteiger partial charge is 0.507 e. The van der Waals surface area contributed by atoms with Crippen molar-refractivity contribution in [3.8, 4) is 5.75 Å². The maximum Gasteiger partial charge on any atom is 0.295 e. The van der Waals surface area contributed by atoms with Crippen LogP contribution in [0.3, 0.4) is 0 Å². The topological polar surface area (TPSA) is 66.8 Å². The summed E-state index contributed by atoms with van der Waals surface area (Å²) in [6.45, 7) is 3.06. The third-order valence-electron chi connectivity index (χ3n) is 4.78. The summed E-state index contributed by atoms with van der Waals surface area (Å²) in [4.78, 5) is 27.7. The molecule has 0 spiro atoms. The molecule has 1 aromatic heterocycles. The number of nitrogens with zero attached hydrogens (tertiary/aromatic N) is 1. The quantitative estimate of drug-likeness (QED) is 0.509. The number of hydrogen-bond donors (Lipinski definition) is 1. The van der Waals surface area contributed by atoms with E-state index in [1.807, 2.05) is 30.5 Å². The molecule has 1 saturated heterocycles. The molecule has 0 aliphatic carbocycles. The lowest BCUT2D eigenvalue weighted by Gasteiger charge is -2.23. The van der Waals surface area contributed by atoms with Gasteiger partial charge in [-0.2, -0.15) is 0 Å². The van der Waals surface area contributed by atoms with Crippen molar-refractivity contribution in [2.45, 2.75) is 25.8 Å². The number of aliphatic hydroxyl groups is 1. The summed E-state index contributed by atoms with van der Waals surface area (Å²) in [6.07, 6.45) is 1.51. The Kier molecular flexibility index (Phi) is 4.28. The van der Waals surface area contributed by atoms with Gasteiger partial charge in [-0.3, -0.25) is 9.59 Å². The van der Waals surface area contributed by atoms with Crippen LogP contribution in [0.1, 0.15) is 35.4 Å². The maximum atomic E-state index is 12.7. The van der Waals surface area contributed by atoms with Crippen molar-refractivity contribution >= 4 is 28.8 Å². The van der Waals surface area contributed by atoms with Crippen molar-refractivity contribution < 1.29 is 19.4 Å². The highest BCUT2D eigenvalue weighted by atomic mass is 32.1. The van der Waals surface area contributed by atoms with Crippen LogP contribution in [0, 0.1) is 0 Å². The number of aliphatic hydroxyl groups excluding tert-OH is 1. The molecule has 2 aliphatic heterocycles. The predicted octanol–water partition coefficient (Wildman–Crippen LogP) is 3.51. The summed E-state index contributed by atoms with van der Waals surface area (Å²) in [6, 6.07) is 8.64. The van der Waals surface area contributed by atoms with E-state index in [-0.39, 0.29) is 11.3 Å². The Balaban J connectivity index is 1.84. The summed E-state index contributed by atoms with van der Waals surface area (Å²) in [5, 5.41) is 12.8. The lowest BCUT2D eigenvalue weighted by atomic mass is 9.98. The van der Waals surface area contributed by atoms with Gasteiger partial charge in [0.1, 0.15) is 11.5 Å². The Bertz CT molecular complexity index is 901. The van der Waals surface area contributed by atoms with Crippen LogP contribution in [0.5, 0.6) is 5.75 Å². The van der Waals surface area contributed by atoms with Crippen LogP contribution in [0.25, 0.3) is 5.76 Å². The Morgan fingerprint density at radius 3 is 2.92 bits per heavy atom. The van der Waals surface area contributed by atoms with E-state index in [9.17, 15) is 14.7 Å². The number of carbonyl (C=O) groups excluding carboxylic acids is 2. The average molecular weight is 369 g/mol. The molecule has 0 radical (unpaired) electrons. The molecule has 1 amide bonds. The first kappa shape index (κ1) is 16.8. The highest BCUT2D eigenvalue weighted by molar-refractivity contribution is 7.10. The number of carbonyl (C=O) groups is 2. The molecule has 1 aromatic carbocycles. The van der Waals surface area contributed by atoms with Gasteiger partial charge in [0.05, 0.1) is 18.2 Å². The first-order valence-corrected chi connectivity index (χ1v) is 9.57. The number of ether oxygens (including phenoxy) is 1. The van der Waals surface area contributed by atoms with Crippen LogP contribution in [-0.2, 0) is 16.0 Å². The SMILES string of the molecule is CCCN1C(=O)C(=O)/C(=C(\O)c2ccc3c(c2)CCO3)C1c1cccs1.